The van der Waals surface area contributed by atoms with Gasteiger partial charge >= 0.3 is 5.97 Å². The number of carbonyl (C=O) groups is 2. The summed E-state index contributed by atoms with van der Waals surface area (Å²) in [5, 5.41) is 12.0. The first kappa shape index (κ1) is 22.3. The molecule has 1 aromatic carbocycles. The van der Waals surface area contributed by atoms with Crippen LogP contribution in [-0.2, 0) is 16.0 Å². The van der Waals surface area contributed by atoms with Gasteiger partial charge in [0.15, 0.2) is 0 Å². The van der Waals surface area contributed by atoms with E-state index in [0.717, 1.165) is 30.7 Å². The first-order valence-corrected chi connectivity index (χ1v) is 8.91. The predicted octanol–water partition coefficient (Wildman–Crippen LogP) is 2.35. The number of rotatable bonds is 8. The van der Waals surface area contributed by atoms with Gasteiger partial charge in [-0.2, -0.15) is 0 Å². The van der Waals surface area contributed by atoms with Gasteiger partial charge in [-0.3, -0.25) is 14.5 Å². The van der Waals surface area contributed by atoms with Crippen molar-refractivity contribution in [2.75, 3.05) is 26.2 Å². The van der Waals surface area contributed by atoms with Crippen LogP contribution in [0.25, 0.3) is 0 Å². The highest BCUT2D eigenvalue weighted by molar-refractivity contribution is 5.85. The van der Waals surface area contributed by atoms with Crippen LogP contribution in [-0.4, -0.2) is 54.2 Å². The lowest BCUT2D eigenvalue weighted by Crippen LogP contribution is -2.44. The van der Waals surface area contributed by atoms with Crippen LogP contribution >= 0.6 is 12.4 Å². The van der Waals surface area contributed by atoms with E-state index in [0.29, 0.717) is 19.5 Å². The molecule has 1 aliphatic heterocycles. The fraction of sp³-hybridized carbons (Fsp3) is 0.579. The van der Waals surface area contributed by atoms with Crippen molar-refractivity contribution in [3.8, 4) is 5.75 Å². The minimum Gasteiger partial charge on any atom is -0.491 e. The summed E-state index contributed by atoms with van der Waals surface area (Å²) in [5.41, 5.74) is 1.14. The molecule has 1 unspecified atom stereocenters. The Balaban J connectivity index is 0.00000338. The Morgan fingerprint density at radius 1 is 1.31 bits per heavy atom. The number of aliphatic carboxylic acids is 1. The molecule has 0 aliphatic carbocycles. The largest absolute Gasteiger partial charge is 0.491 e. The minimum atomic E-state index is -0.769. The van der Waals surface area contributed by atoms with Crippen molar-refractivity contribution in [2.24, 2.45) is 5.92 Å². The Labute approximate surface area is 161 Å². The number of hydrogen-bond donors (Lipinski definition) is 2. The highest BCUT2D eigenvalue weighted by atomic mass is 35.5. The molecule has 7 heteroatoms. The van der Waals surface area contributed by atoms with Crippen molar-refractivity contribution < 1.29 is 19.4 Å². The lowest BCUT2D eigenvalue weighted by molar-refractivity contribution is -0.144. The molecule has 1 aliphatic rings. The number of carboxylic acids is 1. The van der Waals surface area contributed by atoms with Crippen LogP contribution in [0.15, 0.2) is 24.3 Å². The molecule has 1 aromatic rings. The van der Waals surface area contributed by atoms with Crippen LogP contribution in [0.3, 0.4) is 0 Å². The number of halogens is 1. The zero-order chi connectivity index (χ0) is 18.2. The molecule has 2 N–H and O–H groups in total. The Hall–Kier alpha value is -1.79. The van der Waals surface area contributed by atoms with Crippen molar-refractivity contribution in [1.29, 1.82) is 0 Å². The summed E-state index contributed by atoms with van der Waals surface area (Å²) in [6, 6.07) is 7.89. The molecule has 26 heavy (non-hydrogen) atoms. The predicted molar refractivity (Wildman–Crippen MR) is 103 cm³/mol. The van der Waals surface area contributed by atoms with E-state index in [1.165, 1.54) is 0 Å². The summed E-state index contributed by atoms with van der Waals surface area (Å²) in [4.78, 5) is 25.0. The van der Waals surface area contributed by atoms with Gasteiger partial charge in [-0.05, 0) is 57.4 Å². The number of carboxylic acid groups (broad SMARTS) is 1. The van der Waals surface area contributed by atoms with Crippen LogP contribution in [0, 0.1) is 5.92 Å². The number of nitrogens with one attached hydrogen (secondary N) is 1. The summed E-state index contributed by atoms with van der Waals surface area (Å²) in [7, 11) is 0. The van der Waals surface area contributed by atoms with Crippen molar-refractivity contribution in [3.63, 3.8) is 0 Å². The molecule has 1 fully saturated rings. The van der Waals surface area contributed by atoms with E-state index in [1.54, 1.807) is 0 Å². The molecule has 0 bridgehead atoms. The third kappa shape index (κ3) is 7.62. The van der Waals surface area contributed by atoms with Crippen molar-refractivity contribution in [2.45, 2.75) is 39.2 Å². The number of nitrogens with zero attached hydrogens (tertiary/aromatic N) is 1. The molecule has 0 saturated carbocycles. The van der Waals surface area contributed by atoms with Gasteiger partial charge in [0.25, 0.3) is 0 Å². The average molecular weight is 385 g/mol. The second-order valence-electron chi connectivity index (χ2n) is 6.82. The quantitative estimate of drug-likeness (QED) is 0.719. The minimum absolute atomic E-state index is 0. The maximum atomic E-state index is 12.0. The van der Waals surface area contributed by atoms with Crippen LogP contribution in [0.2, 0.25) is 0 Å². The third-order valence-corrected chi connectivity index (χ3v) is 4.25. The number of benzene rings is 1. The zero-order valence-corrected chi connectivity index (χ0v) is 16.3. The topological polar surface area (TPSA) is 78.9 Å². The van der Waals surface area contributed by atoms with Gasteiger partial charge in [0, 0.05) is 13.1 Å². The summed E-state index contributed by atoms with van der Waals surface area (Å²) < 4.78 is 5.60. The first-order chi connectivity index (χ1) is 11.9. The van der Waals surface area contributed by atoms with Crippen molar-refractivity contribution in [1.82, 2.24) is 10.2 Å². The fourth-order valence-corrected chi connectivity index (χ4v) is 3.01. The smallest absolute Gasteiger partial charge is 0.307 e. The average Bonchev–Trinajstić information content (AvgIpc) is 2.56. The molecule has 0 aromatic heterocycles. The van der Waals surface area contributed by atoms with Crippen molar-refractivity contribution >= 4 is 24.3 Å². The van der Waals surface area contributed by atoms with Gasteiger partial charge in [0.2, 0.25) is 5.91 Å². The normalized spacial score (nSPS) is 17.4. The lowest BCUT2D eigenvalue weighted by Gasteiger charge is -2.29. The summed E-state index contributed by atoms with van der Waals surface area (Å²) in [5.74, 6) is -0.324. The maximum absolute atomic E-state index is 12.0. The second kappa shape index (κ2) is 11.0. The van der Waals surface area contributed by atoms with E-state index < -0.39 is 5.97 Å². The number of ether oxygens (including phenoxy) is 1. The monoisotopic (exact) mass is 384 g/mol. The molecule has 1 atom stereocenters. The maximum Gasteiger partial charge on any atom is 0.307 e. The highest BCUT2D eigenvalue weighted by Gasteiger charge is 2.26. The van der Waals surface area contributed by atoms with Crippen molar-refractivity contribution in [3.05, 3.63) is 29.8 Å². The first-order valence-electron chi connectivity index (χ1n) is 8.91. The number of carbonyl (C=O) groups excluding carboxylic acids is 1. The van der Waals surface area contributed by atoms with Gasteiger partial charge in [0.1, 0.15) is 5.75 Å². The van der Waals surface area contributed by atoms with Crippen LogP contribution in [0.4, 0.5) is 0 Å². The molecule has 0 radical (unpaired) electrons. The molecule has 6 nitrogen and oxygen atoms in total. The SMILES string of the molecule is CC(C)Oc1ccc(CCNC(=O)CN2CCCC(C(=O)O)C2)cc1.Cl. The number of likely N-dealkylation sites (tertiary alicyclic amines) is 1. The molecule has 1 heterocycles. The second-order valence-corrected chi connectivity index (χ2v) is 6.82. The Bertz CT molecular complexity index is 577. The van der Waals surface area contributed by atoms with Gasteiger partial charge in [0.05, 0.1) is 18.6 Å². The van der Waals surface area contributed by atoms with E-state index in [2.05, 4.69) is 5.32 Å². The van der Waals surface area contributed by atoms with Crippen LogP contribution in [0.1, 0.15) is 32.3 Å². The summed E-state index contributed by atoms with van der Waals surface area (Å²) >= 11 is 0. The molecule has 2 rings (SSSR count). The molecule has 1 saturated heterocycles. The van der Waals surface area contributed by atoms with Gasteiger partial charge in [-0.15, -0.1) is 12.4 Å². The standard InChI is InChI=1S/C19H28N2O4.ClH/c1-14(2)25-17-7-5-15(6-8-17)9-10-20-18(22)13-21-11-3-4-16(12-21)19(23)24;/h5-8,14,16H,3-4,9-13H2,1-2H3,(H,20,22)(H,23,24);1H. The zero-order valence-electron chi connectivity index (χ0n) is 15.4. The Morgan fingerprint density at radius 3 is 2.62 bits per heavy atom. The number of piperidine rings is 1. The summed E-state index contributed by atoms with van der Waals surface area (Å²) in [6.07, 6.45) is 2.44. The third-order valence-electron chi connectivity index (χ3n) is 4.25. The van der Waals surface area contributed by atoms with Crippen LogP contribution in [0.5, 0.6) is 5.75 Å². The van der Waals surface area contributed by atoms with E-state index in [9.17, 15) is 9.59 Å². The highest BCUT2D eigenvalue weighted by Crippen LogP contribution is 2.16. The number of amides is 1. The van der Waals surface area contributed by atoms with E-state index in [-0.39, 0.29) is 36.9 Å². The Morgan fingerprint density at radius 2 is 2.00 bits per heavy atom. The Kier molecular flexibility index (Phi) is 9.44. The molecular weight excluding hydrogens is 356 g/mol. The molecule has 146 valence electrons. The number of hydrogen-bond acceptors (Lipinski definition) is 4. The molecular formula is C19H29ClN2O4. The fourth-order valence-electron chi connectivity index (χ4n) is 3.01. The van der Waals surface area contributed by atoms with E-state index >= 15 is 0 Å². The summed E-state index contributed by atoms with van der Waals surface area (Å²) in [6.45, 7) is 6.06. The molecule has 1 amide bonds. The lowest BCUT2D eigenvalue weighted by atomic mass is 9.98. The van der Waals surface area contributed by atoms with E-state index in [4.69, 9.17) is 9.84 Å². The van der Waals surface area contributed by atoms with Gasteiger partial charge in [-0.1, -0.05) is 12.1 Å². The van der Waals surface area contributed by atoms with Gasteiger partial charge < -0.3 is 15.2 Å². The van der Waals surface area contributed by atoms with Gasteiger partial charge in [-0.25, -0.2) is 0 Å². The van der Waals surface area contributed by atoms with Crippen LogP contribution < -0.4 is 10.1 Å². The molecule has 0 spiro atoms. The van der Waals surface area contributed by atoms with E-state index in [1.807, 2.05) is 43.0 Å².